The fourth-order valence-corrected chi connectivity index (χ4v) is 8.23. The zero-order valence-electron chi connectivity index (χ0n) is 43.8. The molecule has 0 N–H and O–H groups in total. The van der Waals surface area contributed by atoms with Crippen molar-refractivity contribution in [3.63, 3.8) is 0 Å². The van der Waals surface area contributed by atoms with E-state index in [0.29, 0.717) is 19.3 Å². The maximum atomic E-state index is 14.1. The fraction of sp³-hybridized carbons (Fsp3) is 0.911. The third kappa shape index (κ3) is 41.7. The van der Waals surface area contributed by atoms with Gasteiger partial charge in [-0.3, -0.25) is 19.2 Å². The van der Waals surface area contributed by atoms with Crippen molar-refractivity contribution in [2.75, 3.05) is 26.4 Å². The van der Waals surface area contributed by atoms with Crippen molar-refractivity contribution < 1.29 is 47.7 Å². The Kier molecular flexibility index (Phi) is 45.8. The van der Waals surface area contributed by atoms with Crippen LogP contribution in [0.5, 0.6) is 0 Å². The van der Waals surface area contributed by atoms with E-state index in [1.165, 1.54) is 154 Å². The molecule has 10 heteroatoms. The number of hydrogen-bond donors (Lipinski definition) is 0. The molecule has 0 aromatic rings. The SMILES string of the molecule is CCCCCCCCCCCCCCOC(=O)CC(CC(=O)OCCCCCCCCCCCCCC)(OC(=O)CCC(=O)COC(C)C)C(=O)OCCCCCCCCCCCCCC. The Morgan fingerprint density at radius 2 is 0.652 bits per heavy atom. The van der Waals surface area contributed by atoms with Gasteiger partial charge in [0, 0.05) is 6.42 Å². The summed E-state index contributed by atoms with van der Waals surface area (Å²) in [5.41, 5.74) is -2.28. The summed E-state index contributed by atoms with van der Waals surface area (Å²) in [4.78, 5) is 66.9. The first-order valence-corrected chi connectivity index (χ1v) is 27.9. The Balaban J connectivity index is 5.48. The smallest absolute Gasteiger partial charge is 0.351 e. The van der Waals surface area contributed by atoms with Crippen molar-refractivity contribution in [1.82, 2.24) is 0 Å². The number of Topliss-reactive ketones (excluding diaryl/α,β-unsaturated/α-hetero) is 1. The highest BCUT2D eigenvalue weighted by Gasteiger charge is 2.49. The van der Waals surface area contributed by atoms with Gasteiger partial charge in [0.05, 0.1) is 45.2 Å². The van der Waals surface area contributed by atoms with Crippen LogP contribution in [0, 0.1) is 0 Å². The number of hydrogen-bond acceptors (Lipinski definition) is 10. The average molecular weight is 937 g/mol. The van der Waals surface area contributed by atoms with Crippen LogP contribution < -0.4 is 0 Å². The third-order valence-electron chi connectivity index (χ3n) is 12.5. The lowest BCUT2D eigenvalue weighted by Gasteiger charge is -2.30. The molecule has 0 amide bonds. The number of carbonyl (C=O) groups excluding carboxylic acids is 5. The minimum absolute atomic E-state index is 0.0579. The van der Waals surface area contributed by atoms with Crippen molar-refractivity contribution in [1.29, 1.82) is 0 Å². The first kappa shape index (κ1) is 63.5. The van der Waals surface area contributed by atoms with Gasteiger partial charge >= 0.3 is 23.9 Å². The van der Waals surface area contributed by atoms with Crippen LogP contribution in [0.4, 0.5) is 0 Å². The van der Waals surface area contributed by atoms with Crippen LogP contribution >= 0.6 is 0 Å². The molecule has 388 valence electrons. The van der Waals surface area contributed by atoms with Crippen molar-refractivity contribution in [3.8, 4) is 0 Å². The lowest BCUT2D eigenvalue weighted by atomic mass is 9.94. The van der Waals surface area contributed by atoms with Crippen LogP contribution in [0.2, 0.25) is 0 Å². The second-order valence-electron chi connectivity index (χ2n) is 19.5. The molecule has 0 rings (SSSR count). The van der Waals surface area contributed by atoms with Crippen LogP contribution in [0.15, 0.2) is 0 Å². The maximum Gasteiger partial charge on any atom is 0.351 e. The van der Waals surface area contributed by atoms with E-state index in [0.717, 1.165) is 57.8 Å². The first-order valence-electron chi connectivity index (χ1n) is 27.9. The van der Waals surface area contributed by atoms with Crippen LogP contribution in [0.1, 0.15) is 291 Å². The Bertz CT molecular complexity index is 1110. The standard InChI is InChI=1S/C56H104O10/c1-6-9-12-15-18-21-24-27-30-33-36-39-44-62-53(59)47-56(66-52(58)43-42-51(57)49-65-50(4)5,55(61)64-46-41-38-35-32-29-26-23-20-17-14-11-8-3)48-54(60)63-45-40-37-34-31-28-25-22-19-16-13-10-7-2/h50H,6-49H2,1-5H3. The van der Waals surface area contributed by atoms with Gasteiger partial charge in [-0.05, 0) is 33.1 Å². The summed E-state index contributed by atoms with van der Waals surface area (Å²) in [5, 5.41) is 0. The largest absolute Gasteiger partial charge is 0.466 e. The molecule has 10 nitrogen and oxygen atoms in total. The molecule has 0 saturated heterocycles. The third-order valence-corrected chi connectivity index (χ3v) is 12.5. The normalized spacial score (nSPS) is 11.5. The summed E-state index contributed by atoms with van der Waals surface area (Å²) in [6.45, 7) is 10.5. The molecule has 0 aliphatic heterocycles. The lowest BCUT2D eigenvalue weighted by Crippen LogP contribution is -2.49. The van der Waals surface area contributed by atoms with E-state index in [-0.39, 0.29) is 51.2 Å². The van der Waals surface area contributed by atoms with Gasteiger partial charge < -0.3 is 23.7 Å². The highest BCUT2D eigenvalue weighted by atomic mass is 16.6. The van der Waals surface area contributed by atoms with Gasteiger partial charge in [-0.1, -0.05) is 233 Å². The van der Waals surface area contributed by atoms with E-state index in [1.807, 2.05) is 13.8 Å². The van der Waals surface area contributed by atoms with Crippen LogP contribution in [0.25, 0.3) is 0 Å². The molecule has 0 saturated carbocycles. The summed E-state index contributed by atoms with van der Waals surface area (Å²) in [6, 6.07) is 0. The van der Waals surface area contributed by atoms with Gasteiger partial charge in [0.2, 0.25) is 5.60 Å². The van der Waals surface area contributed by atoms with Gasteiger partial charge in [0.15, 0.2) is 5.78 Å². The van der Waals surface area contributed by atoms with Crippen molar-refractivity contribution >= 4 is 29.7 Å². The summed E-state index contributed by atoms with van der Waals surface area (Å²) >= 11 is 0. The molecule has 0 fully saturated rings. The number of esters is 4. The Hall–Kier alpha value is -2.49. The minimum Gasteiger partial charge on any atom is -0.466 e. The van der Waals surface area contributed by atoms with E-state index in [9.17, 15) is 24.0 Å². The number of carbonyl (C=O) groups is 5. The molecule has 0 aromatic carbocycles. The minimum atomic E-state index is -2.28. The Labute approximate surface area is 405 Å². The Morgan fingerprint density at radius 3 is 0.955 bits per heavy atom. The zero-order valence-corrected chi connectivity index (χ0v) is 43.8. The molecule has 0 atom stereocenters. The maximum absolute atomic E-state index is 14.1. The number of ether oxygens (including phenoxy) is 5. The van der Waals surface area contributed by atoms with E-state index in [1.54, 1.807) is 0 Å². The van der Waals surface area contributed by atoms with Gasteiger partial charge in [-0.2, -0.15) is 0 Å². The monoisotopic (exact) mass is 937 g/mol. The average Bonchev–Trinajstić information content (AvgIpc) is 3.29. The molecule has 0 unspecified atom stereocenters. The molecule has 0 bridgehead atoms. The van der Waals surface area contributed by atoms with Crippen molar-refractivity contribution in [2.24, 2.45) is 0 Å². The van der Waals surface area contributed by atoms with Crippen LogP contribution in [0.3, 0.4) is 0 Å². The van der Waals surface area contributed by atoms with Gasteiger partial charge in [0.25, 0.3) is 0 Å². The summed E-state index contributed by atoms with van der Waals surface area (Å²) in [5.74, 6) is -3.69. The number of rotatable bonds is 51. The van der Waals surface area contributed by atoms with Crippen LogP contribution in [-0.2, 0) is 47.7 Å². The number of unbranched alkanes of at least 4 members (excludes halogenated alkanes) is 33. The summed E-state index contributed by atoms with van der Waals surface area (Å²) < 4.78 is 28.1. The molecule has 0 radical (unpaired) electrons. The van der Waals surface area contributed by atoms with Gasteiger partial charge in [0.1, 0.15) is 6.61 Å². The van der Waals surface area contributed by atoms with Gasteiger partial charge in [-0.15, -0.1) is 0 Å². The van der Waals surface area contributed by atoms with Crippen molar-refractivity contribution in [2.45, 2.75) is 303 Å². The molecular formula is C56H104O10. The first-order chi connectivity index (χ1) is 32.1. The second kappa shape index (κ2) is 47.6. The van der Waals surface area contributed by atoms with E-state index in [4.69, 9.17) is 23.7 Å². The van der Waals surface area contributed by atoms with Crippen LogP contribution in [-0.4, -0.2) is 67.8 Å². The quantitative estimate of drug-likeness (QED) is 0.0330. The number of ketones is 1. The molecule has 0 heterocycles. The molecule has 0 spiro atoms. The highest BCUT2D eigenvalue weighted by molar-refractivity contribution is 5.93. The van der Waals surface area contributed by atoms with Gasteiger partial charge in [-0.25, -0.2) is 4.79 Å². The van der Waals surface area contributed by atoms with E-state index in [2.05, 4.69) is 20.8 Å². The molecule has 66 heavy (non-hydrogen) atoms. The lowest BCUT2D eigenvalue weighted by molar-refractivity contribution is -0.191. The predicted molar refractivity (Wildman–Crippen MR) is 269 cm³/mol. The molecule has 0 aliphatic rings. The second-order valence-corrected chi connectivity index (χ2v) is 19.5. The predicted octanol–water partition coefficient (Wildman–Crippen LogP) is 15.6. The summed E-state index contributed by atoms with van der Waals surface area (Å²) in [7, 11) is 0. The molecule has 0 aliphatic carbocycles. The molecular weight excluding hydrogens is 833 g/mol. The zero-order chi connectivity index (χ0) is 48.6. The van der Waals surface area contributed by atoms with E-state index < -0.39 is 42.3 Å². The Morgan fingerprint density at radius 1 is 0.364 bits per heavy atom. The highest BCUT2D eigenvalue weighted by Crippen LogP contribution is 2.27. The van der Waals surface area contributed by atoms with Crippen molar-refractivity contribution in [3.05, 3.63) is 0 Å². The van der Waals surface area contributed by atoms with E-state index >= 15 is 0 Å². The topological polar surface area (TPSA) is 132 Å². The molecule has 0 aromatic heterocycles. The fourth-order valence-electron chi connectivity index (χ4n) is 8.23. The summed E-state index contributed by atoms with van der Waals surface area (Å²) in [6.07, 6.45) is 39.8.